The number of halogens is 1. The second-order valence-electron chi connectivity index (χ2n) is 6.26. The Balaban J connectivity index is 1.49. The van der Waals surface area contributed by atoms with E-state index < -0.39 is 6.03 Å². The van der Waals surface area contributed by atoms with Gasteiger partial charge in [-0.1, -0.05) is 18.2 Å². The molecular weight excluding hydrogens is 349 g/mol. The molecule has 0 saturated carbocycles. The van der Waals surface area contributed by atoms with E-state index in [2.05, 4.69) is 20.9 Å². The fourth-order valence-electron chi connectivity index (χ4n) is 2.98. The number of piperazine rings is 1. The van der Waals surface area contributed by atoms with Gasteiger partial charge in [-0.3, -0.25) is 9.78 Å². The van der Waals surface area contributed by atoms with Gasteiger partial charge in [0.1, 0.15) is 5.82 Å². The summed E-state index contributed by atoms with van der Waals surface area (Å²) in [5.41, 5.74) is 1.73. The number of hydrogen-bond donors (Lipinski definition) is 3. The van der Waals surface area contributed by atoms with Gasteiger partial charge in [0.25, 0.3) is 0 Å². The molecule has 1 saturated heterocycles. The van der Waals surface area contributed by atoms with Crippen molar-refractivity contribution in [2.45, 2.75) is 12.6 Å². The number of carbonyl (C=O) groups excluding carboxylic acids is 2. The minimum absolute atomic E-state index is 0.0913. The lowest BCUT2D eigenvalue weighted by Gasteiger charge is -2.36. The Kier molecular flexibility index (Phi) is 6.32. The van der Waals surface area contributed by atoms with Crippen molar-refractivity contribution in [3.63, 3.8) is 0 Å². The van der Waals surface area contributed by atoms with Crippen LogP contribution in [0.25, 0.3) is 0 Å². The first kappa shape index (κ1) is 18.8. The molecule has 142 valence electrons. The van der Waals surface area contributed by atoms with Crippen molar-refractivity contribution in [1.82, 2.24) is 25.8 Å². The first-order valence-corrected chi connectivity index (χ1v) is 8.80. The Morgan fingerprint density at radius 3 is 2.78 bits per heavy atom. The molecule has 27 heavy (non-hydrogen) atoms. The molecule has 2 heterocycles. The fourth-order valence-corrected chi connectivity index (χ4v) is 2.98. The molecule has 2 aromatic rings. The first-order valence-electron chi connectivity index (χ1n) is 8.80. The summed E-state index contributed by atoms with van der Waals surface area (Å²) in [5, 5.41) is 8.51. The van der Waals surface area contributed by atoms with Crippen molar-refractivity contribution in [3.8, 4) is 0 Å². The van der Waals surface area contributed by atoms with Crippen molar-refractivity contribution in [1.29, 1.82) is 0 Å². The van der Waals surface area contributed by atoms with E-state index in [4.69, 9.17) is 0 Å². The van der Waals surface area contributed by atoms with Crippen LogP contribution >= 0.6 is 0 Å². The molecule has 1 aliphatic rings. The number of nitrogens with one attached hydrogen (secondary N) is 3. The Morgan fingerprint density at radius 2 is 2.04 bits per heavy atom. The molecule has 0 spiro atoms. The zero-order valence-corrected chi connectivity index (χ0v) is 14.8. The number of nitrogens with zero attached hydrogens (tertiary/aromatic N) is 2. The Bertz CT molecular complexity index is 769. The molecule has 1 aromatic carbocycles. The van der Waals surface area contributed by atoms with Gasteiger partial charge in [0.05, 0.1) is 12.6 Å². The summed E-state index contributed by atoms with van der Waals surface area (Å²) in [7, 11) is 0. The van der Waals surface area contributed by atoms with E-state index >= 15 is 0 Å². The van der Waals surface area contributed by atoms with E-state index in [1.54, 1.807) is 29.4 Å². The highest BCUT2D eigenvalue weighted by molar-refractivity contribution is 5.84. The topological polar surface area (TPSA) is 86.4 Å². The summed E-state index contributed by atoms with van der Waals surface area (Å²) in [6.07, 6.45) is 3.44. The van der Waals surface area contributed by atoms with Gasteiger partial charge in [0, 0.05) is 38.6 Å². The average molecular weight is 371 g/mol. The van der Waals surface area contributed by atoms with E-state index in [1.165, 1.54) is 12.1 Å². The predicted octanol–water partition coefficient (Wildman–Crippen LogP) is 1.19. The van der Waals surface area contributed by atoms with Gasteiger partial charge < -0.3 is 20.9 Å². The summed E-state index contributed by atoms with van der Waals surface area (Å²) < 4.78 is 12.9. The zero-order chi connectivity index (χ0) is 19.1. The van der Waals surface area contributed by atoms with Crippen LogP contribution in [0.4, 0.5) is 9.18 Å². The van der Waals surface area contributed by atoms with Crippen LogP contribution in [0.2, 0.25) is 0 Å². The third kappa shape index (κ3) is 5.24. The molecule has 7 nitrogen and oxygen atoms in total. The quantitative estimate of drug-likeness (QED) is 0.737. The molecule has 1 aromatic heterocycles. The van der Waals surface area contributed by atoms with E-state index in [0.717, 1.165) is 11.1 Å². The lowest BCUT2D eigenvalue weighted by molar-refractivity contribution is -0.133. The molecule has 8 heteroatoms. The number of amides is 3. The second-order valence-corrected chi connectivity index (χ2v) is 6.26. The Morgan fingerprint density at radius 1 is 1.22 bits per heavy atom. The van der Waals surface area contributed by atoms with Crippen molar-refractivity contribution in [3.05, 3.63) is 65.7 Å². The summed E-state index contributed by atoms with van der Waals surface area (Å²) in [6, 6.07) is 9.09. The maximum atomic E-state index is 12.9. The fraction of sp³-hybridized carbons (Fsp3) is 0.316. The molecule has 1 unspecified atom stereocenters. The summed E-state index contributed by atoms with van der Waals surface area (Å²) in [5.74, 6) is -0.477. The van der Waals surface area contributed by atoms with Crippen LogP contribution in [0.5, 0.6) is 0 Å². The van der Waals surface area contributed by atoms with Crippen LogP contribution < -0.4 is 16.0 Å². The monoisotopic (exact) mass is 371 g/mol. The third-order valence-electron chi connectivity index (χ3n) is 4.40. The molecule has 3 N–H and O–H groups in total. The van der Waals surface area contributed by atoms with Gasteiger partial charge >= 0.3 is 6.03 Å². The number of hydrogen-bond acceptors (Lipinski definition) is 4. The molecule has 1 aliphatic heterocycles. The minimum atomic E-state index is -0.444. The molecule has 1 fully saturated rings. The van der Waals surface area contributed by atoms with Gasteiger partial charge in [0.15, 0.2) is 0 Å². The van der Waals surface area contributed by atoms with Crippen LogP contribution in [0.3, 0.4) is 0 Å². The lowest BCUT2D eigenvalue weighted by atomic mass is 10.1. The van der Waals surface area contributed by atoms with Gasteiger partial charge in [0.2, 0.25) is 5.91 Å². The molecule has 3 rings (SSSR count). The van der Waals surface area contributed by atoms with Crippen LogP contribution in [0.1, 0.15) is 17.2 Å². The van der Waals surface area contributed by atoms with Gasteiger partial charge in [-0.15, -0.1) is 0 Å². The molecule has 1 atom stereocenters. The first-order chi connectivity index (χ1) is 13.1. The molecule has 3 amide bonds. The zero-order valence-electron chi connectivity index (χ0n) is 14.8. The highest BCUT2D eigenvalue weighted by Gasteiger charge is 2.27. The van der Waals surface area contributed by atoms with Gasteiger partial charge in [-0.2, -0.15) is 0 Å². The smallest absolute Gasteiger partial charge is 0.315 e. The van der Waals surface area contributed by atoms with Gasteiger partial charge in [-0.05, 0) is 29.3 Å². The number of benzene rings is 1. The highest BCUT2D eigenvalue weighted by atomic mass is 19.1. The predicted molar refractivity (Wildman–Crippen MR) is 98.2 cm³/mol. The standard InChI is InChI=1S/C19H22FN5O2/c20-16-5-3-14(4-6-16)10-23-19(27)24-13-18(26)25-9-8-22-12-17(25)15-2-1-7-21-11-15/h1-7,11,17,22H,8-10,12-13H2,(H2,23,24,27). The Hall–Kier alpha value is -3.00. The summed E-state index contributed by atoms with van der Waals surface area (Å²) in [4.78, 5) is 30.4. The number of rotatable bonds is 5. The molecule has 0 radical (unpaired) electrons. The molecular formula is C19H22FN5O2. The number of pyridine rings is 1. The van der Waals surface area contributed by atoms with Crippen LogP contribution in [0, 0.1) is 5.82 Å². The van der Waals surface area contributed by atoms with Crippen molar-refractivity contribution in [2.24, 2.45) is 0 Å². The van der Waals surface area contributed by atoms with Crippen LogP contribution in [0.15, 0.2) is 48.8 Å². The number of carbonyl (C=O) groups is 2. The minimum Gasteiger partial charge on any atom is -0.334 e. The largest absolute Gasteiger partial charge is 0.334 e. The second kappa shape index (κ2) is 9.09. The van der Waals surface area contributed by atoms with Gasteiger partial charge in [-0.25, -0.2) is 9.18 Å². The maximum absolute atomic E-state index is 12.9. The normalized spacial score (nSPS) is 16.6. The van der Waals surface area contributed by atoms with Crippen molar-refractivity contribution in [2.75, 3.05) is 26.2 Å². The van der Waals surface area contributed by atoms with E-state index in [-0.39, 0.29) is 30.9 Å². The van der Waals surface area contributed by atoms with Crippen LogP contribution in [-0.2, 0) is 11.3 Å². The Labute approximate surface area is 157 Å². The average Bonchev–Trinajstić information content (AvgIpc) is 2.72. The third-order valence-corrected chi connectivity index (χ3v) is 4.40. The molecule has 0 bridgehead atoms. The van der Waals surface area contributed by atoms with Crippen LogP contribution in [-0.4, -0.2) is 48.0 Å². The van der Waals surface area contributed by atoms with Crippen molar-refractivity contribution < 1.29 is 14.0 Å². The van der Waals surface area contributed by atoms with E-state index in [9.17, 15) is 14.0 Å². The summed E-state index contributed by atoms with van der Waals surface area (Å²) in [6.45, 7) is 2.09. The van der Waals surface area contributed by atoms with E-state index in [0.29, 0.717) is 19.6 Å². The van der Waals surface area contributed by atoms with Crippen molar-refractivity contribution >= 4 is 11.9 Å². The summed E-state index contributed by atoms with van der Waals surface area (Å²) >= 11 is 0. The maximum Gasteiger partial charge on any atom is 0.315 e. The SMILES string of the molecule is O=C(NCC(=O)N1CCNCC1c1cccnc1)NCc1ccc(F)cc1. The number of aromatic nitrogens is 1. The molecule has 0 aliphatic carbocycles. The van der Waals surface area contributed by atoms with E-state index in [1.807, 2.05) is 12.1 Å². The number of urea groups is 1. The lowest BCUT2D eigenvalue weighted by Crippen LogP contribution is -2.52. The highest BCUT2D eigenvalue weighted by Crippen LogP contribution is 2.21.